The third-order valence-electron chi connectivity index (χ3n) is 3.34. The molecular weight excluding hydrogens is 361 g/mol. The molecule has 0 unspecified atom stereocenters. The van der Waals surface area contributed by atoms with Gasteiger partial charge in [-0.15, -0.1) is 0 Å². The smallest absolute Gasteiger partial charge is 0.341 e. The summed E-state index contributed by atoms with van der Waals surface area (Å²) in [6.45, 7) is 1.90. The number of hydrogen-bond donors (Lipinski definition) is 1. The van der Waals surface area contributed by atoms with Crippen LogP contribution in [-0.2, 0) is 9.53 Å². The van der Waals surface area contributed by atoms with Crippen LogP contribution in [0.2, 0.25) is 5.02 Å². The zero-order chi connectivity index (χ0) is 19.1. The Labute approximate surface area is 155 Å². The van der Waals surface area contributed by atoms with E-state index in [1.807, 2.05) is 0 Å². The summed E-state index contributed by atoms with van der Waals surface area (Å²) in [5, 5.41) is 2.77. The fourth-order valence-corrected chi connectivity index (χ4v) is 2.32. The lowest BCUT2D eigenvalue weighted by molar-refractivity contribution is -0.111. The maximum absolute atomic E-state index is 12.9. The predicted octanol–water partition coefficient (Wildman–Crippen LogP) is 4.32. The van der Waals surface area contributed by atoms with Crippen molar-refractivity contribution in [1.29, 1.82) is 0 Å². The number of amides is 1. The number of ether oxygens (including phenoxy) is 2. The summed E-state index contributed by atoms with van der Waals surface area (Å²) in [7, 11) is 1.39. The van der Waals surface area contributed by atoms with Gasteiger partial charge in [0.25, 0.3) is 0 Å². The molecule has 0 saturated carbocycles. The number of anilines is 1. The lowest BCUT2D eigenvalue weighted by atomic mass is 10.1. The molecule has 2 rings (SSSR count). The van der Waals surface area contributed by atoms with Crippen LogP contribution in [0.15, 0.2) is 42.5 Å². The molecule has 2 aromatic carbocycles. The second-order valence-electron chi connectivity index (χ2n) is 5.13. The first kappa shape index (κ1) is 19.5. The summed E-state index contributed by atoms with van der Waals surface area (Å²) >= 11 is 6.14. The van der Waals surface area contributed by atoms with Crippen molar-refractivity contribution in [1.82, 2.24) is 0 Å². The van der Waals surface area contributed by atoms with E-state index in [2.05, 4.69) is 5.32 Å². The van der Waals surface area contributed by atoms with E-state index in [0.717, 1.165) is 0 Å². The monoisotopic (exact) mass is 377 g/mol. The molecule has 0 aliphatic heterocycles. The first-order valence-corrected chi connectivity index (χ1v) is 8.11. The molecule has 0 aliphatic rings. The topological polar surface area (TPSA) is 64.6 Å². The zero-order valence-electron chi connectivity index (χ0n) is 14.2. The van der Waals surface area contributed by atoms with Crippen LogP contribution in [-0.4, -0.2) is 25.6 Å². The van der Waals surface area contributed by atoms with Gasteiger partial charge >= 0.3 is 5.97 Å². The molecule has 0 atom stereocenters. The maximum atomic E-state index is 12.9. The lowest BCUT2D eigenvalue weighted by Crippen LogP contribution is -2.11. The molecule has 0 aliphatic carbocycles. The Morgan fingerprint density at radius 3 is 2.54 bits per heavy atom. The highest BCUT2D eigenvalue weighted by Crippen LogP contribution is 2.31. The van der Waals surface area contributed by atoms with Crippen LogP contribution in [0.25, 0.3) is 6.08 Å². The molecule has 1 amide bonds. The first-order valence-electron chi connectivity index (χ1n) is 7.74. The van der Waals surface area contributed by atoms with Gasteiger partial charge in [0.05, 0.1) is 24.4 Å². The van der Waals surface area contributed by atoms with E-state index < -0.39 is 11.9 Å². The van der Waals surface area contributed by atoms with E-state index in [0.29, 0.717) is 5.56 Å². The van der Waals surface area contributed by atoms with Gasteiger partial charge in [0.15, 0.2) is 0 Å². The molecule has 0 aromatic heterocycles. The summed E-state index contributed by atoms with van der Waals surface area (Å²) in [5.74, 6) is -1.14. The number of carbonyl (C=O) groups is 2. The Morgan fingerprint density at radius 2 is 1.92 bits per heavy atom. The highest BCUT2D eigenvalue weighted by Gasteiger charge is 2.17. The third kappa shape index (κ3) is 5.07. The summed E-state index contributed by atoms with van der Waals surface area (Å²) < 4.78 is 23.0. The average Bonchev–Trinajstić information content (AvgIpc) is 2.62. The fourth-order valence-electron chi connectivity index (χ4n) is 2.11. The number of benzene rings is 2. The van der Waals surface area contributed by atoms with Crippen LogP contribution >= 0.6 is 11.6 Å². The predicted molar refractivity (Wildman–Crippen MR) is 98.0 cm³/mol. The number of nitrogens with one attached hydrogen (secondary N) is 1. The molecule has 0 bridgehead atoms. The maximum Gasteiger partial charge on any atom is 0.341 e. The SMILES string of the molecule is CCOC(=O)c1cc(Cl)c(NC(=O)/C=C/c2ccc(F)cc2)cc1OC. The summed E-state index contributed by atoms with van der Waals surface area (Å²) in [4.78, 5) is 24.0. The van der Waals surface area contributed by atoms with Gasteiger partial charge in [0.1, 0.15) is 17.1 Å². The molecule has 26 heavy (non-hydrogen) atoms. The Morgan fingerprint density at radius 1 is 1.23 bits per heavy atom. The normalized spacial score (nSPS) is 10.6. The van der Waals surface area contributed by atoms with E-state index in [1.54, 1.807) is 19.1 Å². The molecule has 1 N–H and O–H groups in total. The van der Waals surface area contributed by atoms with Crippen molar-refractivity contribution in [2.75, 3.05) is 19.0 Å². The minimum absolute atomic E-state index is 0.164. The minimum Gasteiger partial charge on any atom is -0.496 e. The van der Waals surface area contributed by atoms with Crippen molar-refractivity contribution in [3.63, 3.8) is 0 Å². The number of methoxy groups -OCH3 is 1. The van der Waals surface area contributed by atoms with E-state index in [4.69, 9.17) is 21.1 Å². The summed E-state index contributed by atoms with van der Waals surface area (Å²) in [5.41, 5.74) is 1.12. The van der Waals surface area contributed by atoms with Gasteiger partial charge in [0.2, 0.25) is 5.91 Å². The van der Waals surface area contributed by atoms with E-state index >= 15 is 0 Å². The first-order chi connectivity index (χ1) is 12.4. The Kier molecular flexibility index (Phi) is 6.74. The molecule has 0 radical (unpaired) electrons. The molecule has 0 fully saturated rings. The van der Waals surface area contributed by atoms with Crippen LogP contribution in [0.1, 0.15) is 22.8 Å². The second kappa shape index (κ2) is 9.01. The summed E-state index contributed by atoms with van der Waals surface area (Å²) in [6.07, 6.45) is 2.82. The van der Waals surface area contributed by atoms with Crippen LogP contribution in [0.3, 0.4) is 0 Å². The van der Waals surface area contributed by atoms with Crippen molar-refractivity contribution in [3.05, 3.63) is 64.4 Å². The highest BCUT2D eigenvalue weighted by atomic mass is 35.5. The fraction of sp³-hybridized carbons (Fsp3) is 0.158. The van der Waals surface area contributed by atoms with Gasteiger partial charge in [-0.05, 0) is 36.8 Å². The molecule has 0 heterocycles. The van der Waals surface area contributed by atoms with E-state index in [9.17, 15) is 14.0 Å². The van der Waals surface area contributed by atoms with Gasteiger partial charge < -0.3 is 14.8 Å². The number of halogens is 2. The molecule has 2 aromatic rings. The van der Waals surface area contributed by atoms with Gasteiger partial charge in [-0.1, -0.05) is 23.7 Å². The van der Waals surface area contributed by atoms with Crippen LogP contribution in [0.5, 0.6) is 5.75 Å². The molecule has 136 valence electrons. The number of esters is 1. The minimum atomic E-state index is -0.569. The quantitative estimate of drug-likeness (QED) is 0.601. The Bertz CT molecular complexity index is 834. The van der Waals surface area contributed by atoms with Crippen molar-refractivity contribution in [3.8, 4) is 5.75 Å². The second-order valence-corrected chi connectivity index (χ2v) is 5.53. The third-order valence-corrected chi connectivity index (χ3v) is 3.65. The molecule has 7 heteroatoms. The van der Waals surface area contributed by atoms with Crippen molar-refractivity contribution in [2.24, 2.45) is 0 Å². The molecule has 0 spiro atoms. The molecule has 0 saturated heterocycles. The summed E-state index contributed by atoms with van der Waals surface area (Å²) in [6, 6.07) is 8.50. The van der Waals surface area contributed by atoms with Crippen molar-refractivity contribution < 1.29 is 23.5 Å². The van der Waals surface area contributed by atoms with E-state index in [-0.39, 0.29) is 34.4 Å². The Hall–Kier alpha value is -2.86. The lowest BCUT2D eigenvalue weighted by Gasteiger charge is -2.12. The number of rotatable bonds is 6. The molecule has 5 nitrogen and oxygen atoms in total. The highest BCUT2D eigenvalue weighted by molar-refractivity contribution is 6.34. The van der Waals surface area contributed by atoms with Gasteiger partial charge in [0, 0.05) is 12.1 Å². The number of hydrogen-bond acceptors (Lipinski definition) is 4. The van der Waals surface area contributed by atoms with Crippen LogP contribution in [0.4, 0.5) is 10.1 Å². The molecular formula is C19H17ClFNO4. The zero-order valence-corrected chi connectivity index (χ0v) is 15.0. The Balaban J connectivity index is 2.16. The number of carbonyl (C=O) groups excluding carboxylic acids is 2. The van der Waals surface area contributed by atoms with Gasteiger partial charge in [-0.3, -0.25) is 4.79 Å². The van der Waals surface area contributed by atoms with Crippen LogP contribution < -0.4 is 10.1 Å². The van der Waals surface area contributed by atoms with Gasteiger partial charge in [-0.2, -0.15) is 0 Å². The van der Waals surface area contributed by atoms with Crippen molar-refractivity contribution in [2.45, 2.75) is 6.92 Å². The largest absolute Gasteiger partial charge is 0.496 e. The van der Waals surface area contributed by atoms with E-state index in [1.165, 1.54) is 43.5 Å². The van der Waals surface area contributed by atoms with Crippen molar-refractivity contribution >= 4 is 35.2 Å². The van der Waals surface area contributed by atoms with Crippen LogP contribution in [0, 0.1) is 5.82 Å². The average molecular weight is 378 g/mol. The van der Waals surface area contributed by atoms with Gasteiger partial charge in [-0.25, -0.2) is 9.18 Å². The standard InChI is InChI=1S/C19H17ClFNO4/c1-3-26-19(24)14-10-15(20)16(11-17(14)25-2)22-18(23)9-6-12-4-7-13(21)8-5-12/h4-11H,3H2,1-2H3,(H,22,23)/b9-6+.